The van der Waals surface area contributed by atoms with Gasteiger partial charge in [-0.3, -0.25) is 19.8 Å². The number of rotatable bonds is 4. The Labute approximate surface area is 166 Å². The molecule has 0 aromatic heterocycles. The van der Waals surface area contributed by atoms with Crippen molar-refractivity contribution in [3.05, 3.63) is 34.4 Å². The topological polar surface area (TPSA) is 137 Å². The van der Waals surface area contributed by atoms with Crippen molar-refractivity contribution in [3.8, 4) is 11.8 Å². The molecule has 4 rings (SSSR count). The van der Waals surface area contributed by atoms with Crippen molar-refractivity contribution >= 4 is 17.7 Å². The van der Waals surface area contributed by atoms with Crippen LogP contribution in [0.4, 0.5) is 10.5 Å². The number of benzene rings is 1. The van der Waals surface area contributed by atoms with Crippen molar-refractivity contribution in [2.45, 2.75) is 49.9 Å². The number of nitro groups is 1. The highest BCUT2D eigenvalue weighted by molar-refractivity contribution is 5.87. The molecule has 1 saturated carbocycles. The van der Waals surface area contributed by atoms with Gasteiger partial charge >= 0.3 is 6.09 Å². The number of carbonyl (C=O) groups excluding carboxylic acids is 1. The number of nitro benzene ring substituents is 1. The van der Waals surface area contributed by atoms with E-state index in [-0.39, 0.29) is 17.5 Å². The molecule has 2 heterocycles. The van der Waals surface area contributed by atoms with Crippen LogP contribution >= 0.6 is 0 Å². The Bertz CT molecular complexity index is 882. The SMILES string of the molecule is N#C[C@@H]1CCCN1C(=O)[C@@H]1[C@H]2C[C@H]([C@H](Oc3ccc([N+](=O)[O-])cc3)C2)N1C(=O)O. The number of nitrogens with zero attached hydrogens (tertiary/aromatic N) is 4. The molecule has 1 N–H and O–H groups in total. The Morgan fingerprint density at radius 1 is 1.28 bits per heavy atom. The fraction of sp³-hybridized carbons (Fsp3) is 0.526. The average Bonchev–Trinajstić information content (AvgIpc) is 3.41. The summed E-state index contributed by atoms with van der Waals surface area (Å²) in [4.78, 5) is 38.0. The summed E-state index contributed by atoms with van der Waals surface area (Å²) in [6.45, 7) is 0.473. The summed E-state index contributed by atoms with van der Waals surface area (Å²) >= 11 is 0. The number of amides is 2. The van der Waals surface area contributed by atoms with Crippen LogP contribution in [0.5, 0.6) is 5.75 Å². The predicted octanol–water partition coefficient (Wildman–Crippen LogP) is 2.00. The average molecular weight is 400 g/mol. The van der Waals surface area contributed by atoms with Gasteiger partial charge in [-0.15, -0.1) is 0 Å². The van der Waals surface area contributed by atoms with Crippen LogP contribution in [0.3, 0.4) is 0 Å². The second kappa shape index (κ2) is 7.24. The summed E-state index contributed by atoms with van der Waals surface area (Å²) < 4.78 is 5.92. The Hall–Kier alpha value is -3.35. The van der Waals surface area contributed by atoms with E-state index in [1.807, 2.05) is 0 Å². The van der Waals surface area contributed by atoms with Gasteiger partial charge in [-0.1, -0.05) is 0 Å². The first-order valence-corrected chi connectivity index (χ1v) is 9.53. The van der Waals surface area contributed by atoms with Crippen LogP contribution in [0.15, 0.2) is 24.3 Å². The van der Waals surface area contributed by atoms with Gasteiger partial charge in [0.1, 0.15) is 23.9 Å². The molecular weight excluding hydrogens is 380 g/mol. The number of piperidine rings is 1. The molecule has 2 saturated heterocycles. The summed E-state index contributed by atoms with van der Waals surface area (Å²) in [6.07, 6.45) is 0.789. The Kier molecular flexibility index (Phi) is 4.74. The summed E-state index contributed by atoms with van der Waals surface area (Å²) in [5.41, 5.74) is -0.0548. The summed E-state index contributed by atoms with van der Waals surface area (Å²) in [6, 6.07) is 6.01. The van der Waals surface area contributed by atoms with Crippen molar-refractivity contribution in [1.29, 1.82) is 5.26 Å². The number of fused-ring (bicyclic) bond motifs is 2. The smallest absolute Gasteiger partial charge is 0.408 e. The van der Waals surface area contributed by atoms with Crippen LogP contribution in [-0.4, -0.2) is 62.6 Å². The van der Waals surface area contributed by atoms with E-state index in [4.69, 9.17) is 4.74 Å². The van der Waals surface area contributed by atoms with Crippen molar-refractivity contribution < 1.29 is 24.4 Å². The summed E-state index contributed by atoms with van der Waals surface area (Å²) in [7, 11) is 0. The standard InChI is InChI=1S/C19H20N4O6/c20-10-13-2-1-7-21(13)18(24)17-11-8-15(22(17)19(25)26)16(9-11)29-14-5-3-12(4-6-14)23(27)28/h3-6,11,13,15-17H,1-2,7-9H2,(H,25,26)/t11-,13-,15+,16+,17-/m0/s1. The van der Waals surface area contributed by atoms with Crippen LogP contribution in [-0.2, 0) is 4.79 Å². The third-order valence-electron chi connectivity index (χ3n) is 6.11. The minimum absolute atomic E-state index is 0.0548. The maximum Gasteiger partial charge on any atom is 0.408 e. The lowest BCUT2D eigenvalue weighted by Crippen LogP contribution is -2.58. The minimum Gasteiger partial charge on any atom is -0.488 e. The number of hydrogen-bond acceptors (Lipinski definition) is 6. The largest absolute Gasteiger partial charge is 0.488 e. The van der Waals surface area contributed by atoms with Gasteiger partial charge in [-0.05, 0) is 43.7 Å². The number of carboxylic acid groups (broad SMARTS) is 1. The molecule has 5 atom stereocenters. The quantitative estimate of drug-likeness (QED) is 0.603. The number of ether oxygens (including phenoxy) is 1. The molecule has 0 unspecified atom stereocenters. The number of non-ortho nitro benzene ring substituents is 1. The van der Waals surface area contributed by atoms with Crippen LogP contribution in [0.2, 0.25) is 0 Å². The van der Waals surface area contributed by atoms with Crippen molar-refractivity contribution in [1.82, 2.24) is 9.80 Å². The normalized spacial score (nSPS) is 30.2. The van der Waals surface area contributed by atoms with Crippen LogP contribution < -0.4 is 4.74 Å². The summed E-state index contributed by atoms with van der Waals surface area (Å²) in [5, 5.41) is 29.8. The molecule has 10 nitrogen and oxygen atoms in total. The molecule has 29 heavy (non-hydrogen) atoms. The van der Waals surface area contributed by atoms with Crippen LogP contribution in [0, 0.1) is 27.4 Å². The lowest BCUT2D eigenvalue weighted by Gasteiger charge is -2.38. The van der Waals surface area contributed by atoms with E-state index in [1.54, 1.807) is 0 Å². The van der Waals surface area contributed by atoms with Crippen molar-refractivity contribution in [3.63, 3.8) is 0 Å². The molecule has 1 aromatic rings. The van der Waals surface area contributed by atoms with Gasteiger partial charge in [-0.2, -0.15) is 5.26 Å². The molecule has 1 aromatic carbocycles. The first-order valence-electron chi connectivity index (χ1n) is 9.53. The van der Waals surface area contributed by atoms with E-state index in [9.17, 15) is 30.1 Å². The molecular formula is C19H20N4O6. The Morgan fingerprint density at radius 3 is 2.62 bits per heavy atom. The number of hydrogen-bond donors (Lipinski definition) is 1. The second-order valence-corrected chi connectivity index (χ2v) is 7.66. The minimum atomic E-state index is -1.18. The van der Waals surface area contributed by atoms with Gasteiger partial charge in [0.05, 0.1) is 17.0 Å². The lowest BCUT2D eigenvalue weighted by molar-refractivity contribution is -0.384. The first-order chi connectivity index (χ1) is 13.9. The maximum atomic E-state index is 13.1. The zero-order valence-electron chi connectivity index (χ0n) is 15.5. The predicted molar refractivity (Wildman–Crippen MR) is 98.0 cm³/mol. The maximum absolute atomic E-state index is 13.1. The molecule has 0 spiro atoms. The van der Waals surface area contributed by atoms with E-state index >= 15 is 0 Å². The molecule has 2 bridgehead atoms. The molecule has 1 aliphatic carbocycles. The summed E-state index contributed by atoms with van der Waals surface area (Å²) in [5.74, 6) is -0.0465. The zero-order chi connectivity index (χ0) is 20.7. The van der Waals surface area contributed by atoms with Gasteiger partial charge in [-0.25, -0.2) is 4.79 Å². The number of carbonyl (C=O) groups is 2. The van der Waals surface area contributed by atoms with Gasteiger partial charge in [0.15, 0.2) is 0 Å². The van der Waals surface area contributed by atoms with E-state index in [1.165, 1.54) is 34.1 Å². The van der Waals surface area contributed by atoms with E-state index < -0.39 is 35.2 Å². The van der Waals surface area contributed by atoms with Gasteiger partial charge in [0.25, 0.3) is 5.69 Å². The molecule has 3 fully saturated rings. The van der Waals surface area contributed by atoms with E-state index in [0.29, 0.717) is 31.6 Å². The highest BCUT2D eigenvalue weighted by Crippen LogP contribution is 2.45. The van der Waals surface area contributed by atoms with E-state index in [0.717, 1.165) is 6.42 Å². The molecule has 2 aliphatic heterocycles. The fourth-order valence-electron chi connectivity index (χ4n) is 4.86. The van der Waals surface area contributed by atoms with Gasteiger partial charge in [0.2, 0.25) is 5.91 Å². The highest BCUT2D eigenvalue weighted by Gasteiger charge is 2.58. The number of likely N-dealkylation sites (tertiary alicyclic amines) is 2. The van der Waals surface area contributed by atoms with Gasteiger partial charge in [0, 0.05) is 18.7 Å². The first kappa shape index (κ1) is 19.0. The third-order valence-corrected chi connectivity index (χ3v) is 6.11. The van der Waals surface area contributed by atoms with Crippen molar-refractivity contribution in [2.24, 2.45) is 5.92 Å². The molecule has 10 heteroatoms. The van der Waals surface area contributed by atoms with Crippen molar-refractivity contribution in [2.75, 3.05) is 6.54 Å². The van der Waals surface area contributed by atoms with Crippen LogP contribution in [0.25, 0.3) is 0 Å². The highest BCUT2D eigenvalue weighted by atomic mass is 16.6. The van der Waals surface area contributed by atoms with Crippen LogP contribution in [0.1, 0.15) is 25.7 Å². The zero-order valence-corrected chi connectivity index (χ0v) is 15.5. The van der Waals surface area contributed by atoms with Gasteiger partial charge < -0.3 is 14.7 Å². The van der Waals surface area contributed by atoms with E-state index in [2.05, 4.69) is 6.07 Å². The molecule has 3 aliphatic rings. The number of nitriles is 1. The molecule has 0 radical (unpaired) electrons. The lowest BCUT2D eigenvalue weighted by atomic mass is 9.96. The second-order valence-electron chi connectivity index (χ2n) is 7.66. The Morgan fingerprint density at radius 2 is 2.00 bits per heavy atom. The fourth-order valence-corrected chi connectivity index (χ4v) is 4.86. The molecule has 152 valence electrons. The Balaban J connectivity index is 1.50. The third kappa shape index (κ3) is 3.22. The monoisotopic (exact) mass is 400 g/mol. The molecule has 2 amide bonds.